The molecule has 120 valence electrons. The largest absolute Gasteiger partial charge is 0.481 e. The first kappa shape index (κ1) is 16.3. The molecule has 2 fully saturated rings. The van der Waals surface area contributed by atoms with Gasteiger partial charge in [0.2, 0.25) is 0 Å². The van der Waals surface area contributed by atoms with Gasteiger partial charge in [-0.05, 0) is 39.5 Å². The van der Waals surface area contributed by atoms with Gasteiger partial charge < -0.3 is 10.4 Å². The van der Waals surface area contributed by atoms with Crippen LogP contribution < -0.4 is 5.32 Å². The molecular formula is C17H30N2O2. The zero-order valence-corrected chi connectivity index (χ0v) is 13.5. The normalized spacial score (nSPS) is 23.0. The lowest BCUT2D eigenvalue weighted by atomic mass is 9.88. The summed E-state index contributed by atoms with van der Waals surface area (Å²) >= 11 is 0. The number of carboxylic acids is 1. The SMILES string of the molecule is CC(C)(C(=O)O)C(=NC1CCCCC1)NC1CCCCC1. The molecule has 0 radical (unpaired) electrons. The van der Waals surface area contributed by atoms with Crippen molar-refractivity contribution in [1.29, 1.82) is 0 Å². The Bertz CT molecular complexity index is 378. The highest BCUT2D eigenvalue weighted by Gasteiger charge is 2.35. The highest BCUT2D eigenvalue weighted by atomic mass is 16.4. The highest BCUT2D eigenvalue weighted by molar-refractivity contribution is 6.04. The van der Waals surface area contributed by atoms with Crippen LogP contribution in [0.4, 0.5) is 0 Å². The van der Waals surface area contributed by atoms with Gasteiger partial charge in [0.1, 0.15) is 11.3 Å². The molecule has 2 N–H and O–H groups in total. The first-order valence-corrected chi connectivity index (χ1v) is 8.58. The molecule has 0 aliphatic heterocycles. The summed E-state index contributed by atoms with van der Waals surface area (Å²) in [4.78, 5) is 16.5. The number of amidine groups is 1. The maximum atomic E-state index is 11.6. The second-order valence-corrected chi connectivity index (χ2v) is 7.18. The van der Waals surface area contributed by atoms with Crippen LogP contribution in [0.2, 0.25) is 0 Å². The fraction of sp³-hybridized carbons (Fsp3) is 0.882. The summed E-state index contributed by atoms with van der Waals surface area (Å²) in [6, 6.07) is 0.711. The van der Waals surface area contributed by atoms with Gasteiger partial charge in [0.05, 0.1) is 6.04 Å². The van der Waals surface area contributed by atoms with Crippen LogP contribution in [0.1, 0.15) is 78.1 Å². The van der Waals surface area contributed by atoms with Crippen LogP contribution in [0.25, 0.3) is 0 Å². The zero-order valence-electron chi connectivity index (χ0n) is 13.5. The number of aliphatic imine (C=N–C) groups is 1. The van der Waals surface area contributed by atoms with Crippen molar-refractivity contribution in [3.63, 3.8) is 0 Å². The summed E-state index contributed by atoms with van der Waals surface area (Å²) in [6.45, 7) is 3.54. The third kappa shape index (κ3) is 4.45. The molecule has 0 atom stereocenters. The van der Waals surface area contributed by atoms with E-state index in [9.17, 15) is 9.90 Å². The summed E-state index contributed by atoms with van der Waals surface area (Å²) < 4.78 is 0. The number of hydrogen-bond donors (Lipinski definition) is 2. The maximum Gasteiger partial charge on any atom is 0.316 e. The van der Waals surface area contributed by atoms with Gasteiger partial charge >= 0.3 is 5.97 Å². The van der Waals surface area contributed by atoms with Crippen LogP contribution in [-0.4, -0.2) is 29.0 Å². The third-order valence-corrected chi connectivity index (χ3v) is 4.96. The Balaban J connectivity index is 2.12. The van der Waals surface area contributed by atoms with Gasteiger partial charge in [-0.2, -0.15) is 0 Å². The Morgan fingerprint density at radius 1 is 1.00 bits per heavy atom. The van der Waals surface area contributed by atoms with E-state index in [1.165, 1.54) is 38.5 Å². The van der Waals surface area contributed by atoms with Gasteiger partial charge in [-0.25, -0.2) is 0 Å². The predicted molar refractivity (Wildman–Crippen MR) is 85.7 cm³/mol. The third-order valence-electron chi connectivity index (χ3n) is 4.96. The smallest absolute Gasteiger partial charge is 0.316 e. The lowest BCUT2D eigenvalue weighted by Gasteiger charge is -2.31. The summed E-state index contributed by atoms with van der Waals surface area (Å²) in [7, 11) is 0. The van der Waals surface area contributed by atoms with E-state index < -0.39 is 11.4 Å². The molecule has 0 saturated heterocycles. The van der Waals surface area contributed by atoms with Gasteiger partial charge in [-0.15, -0.1) is 0 Å². The number of nitrogens with one attached hydrogen (secondary N) is 1. The quantitative estimate of drug-likeness (QED) is 0.613. The summed E-state index contributed by atoms with van der Waals surface area (Å²) in [6.07, 6.45) is 12.0. The number of carboxylic acid groups (broad SMARTS) is 1. The molecular weight excluding hydrogens is 264 g/mol. The Hall–Kier alpha value is -1.06. The zero-order chi connectivity index (χ0) is 15.3. The van der Waals surface area contributed by atoms with E-state index in [2.05, 4.69) is 5.32 Å². The lowest BCUT2D eigenvalue weighted by Crippen LogP contribution is -2.48. The minimum atomic E-state index is -0.922. The Morgan fingerprint density at radius 3 is 2.05 bits per heavy atom. The van der Waals surface area contributed by atoms with E-state index in [-0.39, 0.29) is 0 Å². The van der Waals surface area contributed by atoms with Crippen molar-refractivity contribution in [2.75, 3.05) is 0 Å². The second kappa shape index (κ2) is 7.28. The Morgan fingerprint density at radius 2 is 1.52 bits per heavy atom. The maximum absolute atomic E-state index is 11.6. The van der Waals surface area contributed by atoms with E-state index in [0.29, 0.717) is 17.9 Å². The first-order valence-electron chi connectivity index (χ1n) is 8.58. The van der Waals surface area contributed by atoms with Crippen molar-refractivity contribution in [2.24, 2.45) is 10.4 Å². The summed E-state index contributed by atoms with van der Waals surface area (Å²) in [5.41, 5.74) is -0.922. The van der Waals surface area contributed by atoms with E-state index in [1.54, 1.807) is 13.8 Å². The standard InChI is InChI=1S/C17H30N2O2/c1-17(2,16(20)21)15(18-13-9-5-3-6-10-13)19-14-11-7-4-8-12-14/h13-14H,3-12H2,1-2H3,(H,18,19)(H,20,21). The van der Waals surface area contributed by atoms with Crippen LogP contribution in [0.15, 0.2) is 4.99 Å². The molecule has 4 nitrogen and oxygen atoms in total. The molecule has 2 aliphatic carbocycles. The second-order valence-electron chi connectivity index (χ2n) is 7.18. The van der Waals surface area contributed by atoms with Gasteiger partial charge in [0.15, 0.2) is 0 Å². The van der Waals surface area contributed by atoms with Crippen molar-refractivity contribution in [1.82, 2.24) is 5.32 Å². The molecule has 4 heteroatoms. The molecule has 0 bridgehead atoms. The predicted octanol–water partition coefficient (Wildman–Crippen LogP) is 3.75. The van der Waals surface area contributed by atoms with Gasteiger partial charge in [-0.3, -0.25) is 9.79 Å². The first-order chi connectivity index (χ1) is 10.00. The number of hydrogen-bond acceptors (Lipinski definition) is 2. The fourth-order valence-electron chi connectivity index (χ4n) is 3.31. The van der Waals surface area contributed by atoms with Crippen LogP contribution in [0, 0.1) is 5.41 Å². The monoisotopic (exact) mass is 294 g/mol. The fourth-order valence-corrected chi connectivity index (χ4v) is 3.31. The average Bonchev–Trinajstić information content (AvgIpc) is 2.48. The Labute approximate surface area is 128 Å². The van der Waals surface area contributed by atoms with Crippen molar-refractivity contribution in [3.8, 4) is 0 Å². The Kier molecular flexibility index (Phi) is 5.65. The van der Waals surface area contributed by atoms with Gasteiger partial charge in [0.25, 0.3) is 0 Å². The molecule has 0 unspecified atom stereocenters. The summed E-state index contributed by atoms with van der Waals surface area (Å²) in [5, 5.41) is 13.0. The number of nitrogens with zero attached hydrogens (tertiary/aromatic N) is 1. The van der Waals surface area contributed by atoms with Crippen LogP contribution in [0.3, 0.4) is 0 Å². The molecule has 0 spiro atoms. The van der Waals surface area contributed by atoms with Crippen LogP contribution >= 0.6 is 0 Å². The number of aliphatic carboxylic acids is 1. The van der Waals surface area contributed by atoms with Crippen molar-refractivity contribution in [2.45, 2.75) is 90.1 Å². The molecule has 2 aliphatic rings. The van der Waals surface area contributed by atoms with Crippen molar-refractivity contribution < 1.29 is 9.90 Å². The van der Waals surface area contributed by atoms with E-state index in [0.717, 1.165) is 25.7 Å². The number of rotatable bonds is 4. The average molecular weight is 294 g/mol. The van der Waals surface area contributed by atoms with Gasteiger partial charge in [0, 0.05) is 6.04 Å². The number of carbonyl (C=O) groups is 1. The van der Waals surface area contributed by atoms with Crippen molar-refractivity contribution >= 4 is 11.8 Å². The molecule has 2 rings (SSSR count). The summed E-state index contributed by atoms with van der Waals surface area (Å²) in [5.74, 6) is -0.0887. The topological polar surface area (TPSA) is 61.7 Å². The van der Waals surface area contributed by atoms with Crippen LogP contribution in [-0.2, 0) is 4.79 Å². The lowest BCUT2D eigenvalue weighted by molar-refractivity contribution is -0.143. The molecule has 0 aromatic heterocycles. The molecule has 0 heterocycles. The van der Waals surface area contributed by atoms with E-state index >= 15 is 0 Å². The molecule has 0 aromatic carbocycles. The molecule has 0 aromatic rings. The molecule has 2 saturated carbocycles. The highest BCUT2D eigenvalue weighted by Crippen LogP contribution is 2.25. The van der Waals surface area contributed by atoms with E-state index in [1.807, 2.05) is 0 Å². The minimum Gasteiger partial charge on any atom is -0.481 e. The molecule has 21 heavy (non-hydrogen) atoms. The minimum absolute atomic E-state index is 0.309. The van der Waals surface area contributed by atoms with E-state index in [4.69, 9.17) is 4.99 Å². The van der Waals surface area contributed by atoms with Crippen LogP contribution in [0.5, 0.6) is 0 Å². The van der Waals surface area contributed by atoms with Gasteiger partial charge in [-0.1, -0.05) is 38.5 Å². The molecule has 0 amide bonds. The van der Waals surface area contributed by atoms with Crippen molar-refractivity contribution in [3.05, 3.63) is 0 Å².